The van der Waals surface area contributed by atoms with Gasteiger partial charge in [0, 0.05) is 25.4 Å². The zero-order chi connectivity index (χ0) is 10.8. The second-order valence-electron chi connectivity index (χ2n) is 4.97. The molecule has 0 radical (unpaired) electrons. The Kier molecular flexibility index (Phi) is 3.29. The number of carbonyl (C=O) groups excluding carboxylic acids is 1. The van der Waals surface area contributed by atoms with E-state index in [0.717, 1.165) is 38.8 Å². The molecule has 1 saturated heterocycles. The van der Waals surface area contributed by atoms with Crippen molar-refractivity contribution >= 4 is 5.91 Å². The van der Waals surface area contributed by atoms with Gasteiger partial charge in [-0.3, -0.25) is 4.79 Å². The van der Waals surface area contributed by atoms with Gasteiger partial charge in [-0.15, -0.1) is 0 Å². The minimum absolute atomic E-state index is 0.154. The Labute approximate surface area is 91.5 Å². The number of fused-ring (bicyclic) bond motifs is 1. The van der Waals surface area contributed by atoms with Crippen molar-refractivity contribution < 1.29 is 9.90 Å². The molecule has 0 aromatic heterocycles. The number of rotatable bonds is 3. The monoisotopic (exact) mass is 211 g/mol. The number of amides is 1. The molecule has 86 valence electrons. The van der Waals surface area contributed by atoms with Crippen LogP contribution in [0.5, 0.6) is 0 Å². The van der Waals surface area contributed by atoms with Crippen molar-refractivity contribution in [2.45, 2.75) is 45.1 Å². The lowest BCUT2D eigenvalue weighted by Gasteiger charge is -2.18. The highest BCUT2D eigenvalue weighted by atomic mass is 16.3. The lowest BCUT2D eigenvalue weighted by molar-refractivity contribution is -0.130. The van der Waals surface area contributed by atoms with Gasteiger partial charge in [0.2, 0.25) is 5.91 Å². The van der Waals surface area contributed by atoms with Crippen LogP contribution >= 0.6 is 0 Å². The van der Waals surface area contributed by atoms with Crippen molar-refractivity contribution in [3.8, 4) is 0 Å². The van der Waals surface area contributed by atoms with Crippen molar-refractivity contribution in [3.05, 3.63) is 0 Å². The summed E-state index contributed by atoms with van der Waals surface area (Å²) in [5, 5.41) is 9.74. The maximum absolute atomic E-state index is 11.8. The summed E-state index contributed by atoms with van der Waals surface area (Å²) in [6.45, 7) is 3.80. The van der Waals surface area contributed by atoms with E-state index in [1.165, 1.54) is 0 Å². The normalized spacial score (nSPS) is 34.5. The van der Waals surface area contributed by atoms with E-state index in [1.807, 2.05) is 4.90 Å². The Morgan fingerprint density at radius 1 is 1.40 bits per heavy atom. The van der Waals surface area contributed by atoms with Crippen LogP contribution in [-0.2, 0) is 4.79 Å². The van der Waals surface area contributed by atoms with Crippen LogP contribution in [0.2, 0.25) is 0 Å². The molecule has 1 aliphatic carbocycles. The van der Waals surface area contributed by atoms with E-state index >= 15 is 0 Å². The molecule has 2 aliphatic rings. The molecule has 1 amide bonds. The van der Waals surface area contributed by atoms with Crippen molar-refractivity contribution in [3.63, 3.8) is 0 Å². The zero-order valence-corrected chi connectivity index (χ0v) is 9.48. The van der Waals surface area contributed by atoms with Gasteiger partial charge in [-0.1, -0.05) is 13.3 Å². The number of nitrogens with zero attached hydrogens (tertiary/aromatic N) is 1. The SMILES string of the molecule is CCCCC(=O)N1CC2CCC(O)C2C1. The minimum Gasteiger partial charge on any atom is -0.393 e. The standard InChI is InChI=1S/C12H21NO2/c1-2-3-4-12(15)13-7-9-5-6-11(14)10(9)8-13/h9-11,14H,2-8H2,1H3. The first-order valence-corrected chi connectivity index (χ1v) is 6.18. The molecule has 0 aromatic carbocycles. The summed E-state index contributed by atoms with van der Waals surface area (Å²) in [5.74, 6) is 1.24. The van der Waals surface area contributed by atoms with Crippen molar-refractivity contribution in [1.82, 2.24) is 4.90 Å². The first-order valence-electron chi connectivity index (χ1n) is 6.18. The van der Waals surface area contributed by atoms with Gasteiger partial charge in [-0.05, 0) is 25.2 Å². The van der Waals surface area contributed by atoms with Crippen LogP contribution in [-0.4, -0.2) is 35.1 Å². The lowest BCUT2D eigenvalue weighted by atomic mass is 10.00. The summed E-state index contributed by atoms with van der Waals surface area (Å²) in [4.78, 5) is 13.8. The first-order chi connectivity index (χ1) is 7.22. The van der Waals surface area contributed by atoms with Crippen molar-refractivity contribution in [2.75, 3.05) is 13.1 Å². The van der Waals surface area contributed by atoms with Gasteiger partial charge in [0.15, 0.2) is 0 Å². The van der Waals surface area contributed by atoms with Crippen LogP contribution in [0.25, 0.3) is 0 Å². The largest absolute Gasteiger partial charge is 0.393 e. The predicted molar refractivity (Wildman–Crippen MR) is 58.3 cm³/mol. The zero-order valence-electron chi connectivity index (χ0n) is 9.48. The van der Waals surface area contributed by atoms with E-state index in [9.17, 15) is 9.90 Å². The topological polar surface area (TPSA) is 40.5 Å². The summed E-state index contributed by atoms with van der Waals surface area (Å²) >= 11 is 0. The number of likely N-dealkylation sites (tertiary alicyclic amines) is 1. The molecule has 1 heterocycles. The number of unbranched alkanes of at least 4 members (excludes halogenated alkanes) is 1. The van der Waals surface area contributed by atoms with Crippen molar-refractivity contribution in [1.29, 1.82) is 0 Å². The van der Waals surface area contributed by atoms with Crippen LogP contribution in [0.1, 0.15) is 39.0 Å². The molecule has 1 N–H and O–H groups in total. The maximum Gasteiger partial charge on any atom is 0.222 e. The summed E-state index contributed by atoms with van der Waals surface area (Å²) in [6.07, 6.45) is 4.64. The third-order valence-electron chi connectivity index (χ3n) is 3.92. The molecule has 0 aromatic rings. The van der Waals surface area contributed by atoms with E-state index in [1.54, 1.807) is 0 Å². The van der Waals surface area contributed by atoms with Crippen molar-refractivity contribution in [2.24, 2.45) is 11.8 Å². The van der Waals surface area contributed by atoms with Crippen LogP contribution < -0.4 is 0 Å². The van der Waals surface area contributed by atoms with Gasteiger partial charge in [0.1, 0.15) is 0 Å². The molecule has 0 bridgehead atoms. The second kappa shape index (κ2) is 4.52. The third-order valence-corrected chi connectivity index (χ3v) is 3.92. The average Bonchev–Trinajstić information content (AvgIpc) is 2.78. The smallest absolute Gasteiger partial charge is 0.222 e. The molecule has 3 unspecified atom stereocenters. The second-order valence-corrected chi connectivity index (χ2v) is 4.97. The highest BCUT2D eigenvalue weighted by molar-refractivity contribution is 5.76. The molecule has 15 heavy (non-hydrogen) atoms. The maximum atomic E-state index is 11.8. The Hall–Kier alpha value is -0.570. The molecule has 2 rings (SSSR count). The van der Waals surface area contributed by atoms with E-state index in [4.69, 9.17) is 0 Å². The quantitative estimate of drug-likeness (QED) is 0.766. The Morgan fingerprint density at radius 2 is 2.20 bits per heavy atom. The molecule has 1 saturated carbocycles. The first kappa shape index (κ1) is 10.9. The third kappa shape index (κ3) is 2.17. The summed E-state index contributed by atoms with van der Waals surface area (Å²) in [6, 6.07) is 0. The summed E-state index contributed by atoms with van der Waals surface area (Å²) < 4.78 is 0. The highest BCUT2D eigenvalue weighted by Gasteiger charge is 2.42. The van der Waals surface area contributed by atoms with Gasteiger partial charge >= 0.3 is 0 Å². The molecule has 0 spiro atoms. The fourth-order valence-corrected chi connectivity index (χ4v) is 2.93. The van der Waals surface area contributed by atoms with Gasteiger partial charge < -0.3 is 10.0 Å². The van der Waals surface area contributed by atoms with Gasteiger partial charge in [0.05, 0.1) is 6.10 Å². The highest BCUT2D eigenvalue weighted by Crippen LogP contribution is 2.38. The Balaban J connectivity index is 1.85. The predicted octanol–water partition coefficient (Wildman–Crippen LogP) is 1.41. The Bertz CT molecular complexity index is 242. The van der Waals surface area contributed by atoms with E-state index in [2.05, 4.69) is 6.92 Å². The minimum atomic E-state index is -0.154. The summed E-state index contributed by atoms with van der Waals surface area (Å²) in [7, 11) is 0. The van der Waals surface area contributed by atoms with Gasteiger partial charge in [0.25, 0.3) is 0 Å². The molecular weight excluding hydrogens is 190 g/mol. The molecule has 3 heteroatoms. The molecule has 3 atom stereocenters. The molecule has 3 nitrogen and oxygen atoms in total. The van der Waals surface area contributed by atoms with Crippen LogP contribution in [0.4, 0.5) is 0 Å². The van der Waals surface area contributed by atoms with E-state index in [0.29, 0.717) is 24.2 Å². The molecule has 2 fully saturated rings. The number of carbonyl (C=O) groups is 1. The Morgan fingerprint density at radius 3 is 2.87 bits per heavy atom. The van der Waals surface area contributed by atoms with Gasteiger partial charge in [-0.2, -0.15) is 0 Å². The molecular formula is C12H21NO2. The van der Waals surface area contributed by atoms with Crippen LogP contribution in [0, 0.1) is 11.8 Å². The van der Waals surface area contributed by atoms with E-state index in [-0.39, 0.29) is 6.10 Å². The number of aliphatic hydroxyl groups is 1. The molecule has 1 aliphatic heterocycles. The van der Waals surface area contributed by atoms with Crippen LogP contribution in [0.3, 0.4) is 0 Å². The van der Waals surface area contributed by atoms with Gasteiger partial charge in [-0.25, -0.2) is 0 Å². The number of aliphatic hydroxyl groups excluding tert-OH is 1. The van der Waals surface area contributed by atoms with E-state index < -0.39 is 0 Å². The average molecular weight is 211 g/mol. The summed E-state index contributed by atoms with van der Waals surface area (Å²) in [5.41, 5.74) is 0. The fraction of sp³-hybridized carbons (Fsp3) is 0.917. The number of hydrogen-bond donors (Lipinski definition) is 1. The number of hydrogen-bond acceptors (Lipinski definition) is 2. The fourth-order valence-electron chi connectivity index (χ4n) is 2.93. The lowest BCUT2D eigenvalue weighted by Crippen LogP contribution is -2.30. The van der Waals surface area contributed by atoms with Crippen LogP contribution in [0.15, 0.2) is 0 Å².